The fourth-order valence-corrected chi connectivity index (χ4v) is 2.08. The van der Waals surface area contributed by atoms with Crippen LogP contribution in [0.25, 0.3) is 0 Å². The highest BCUT2D eigenvalue weighted by atomic mass is 16.5. The van der Waals surface area contributed by atoms with E-state index in [1.165, 1.54) is 19.3 Å². The van der Waals surface area contributed by atoms with Crippen molar-refractivity contribution in [2.75, 3.05) is 19.8 Å². The quantitative estimate of drug-likeness (QED) is 0.731. The van der Waals surface area contributed by atoms with Crippen molar-refractivity contribution in [3.63, 3.8) is 0 Å². The van der Waals surface area contributed by atoms with E-state index in [2.05, 4.69) is 12.2 Å². The average molecular weight is 229 g/mol. The molecule has 2 unspecified atom stereocenters. The summed E-state index contributed by atoms with van der Waals surface area (Å²) in [6, 6.07) is 0.487. The normalized spacial score (nSPS) is 24.0. The molecule has 0 saturated carbocycles. The average Bonchev–Trinajstić information content (AvgIpc) is 2.28. The van der Waals surface area contributed by atoms with Crippen LogP contribution in [0.4, 0.5) is 0 Å². The van der Waals surface area contributed by atoms with E-state index in [4.69, 9.17) is 4.74 Å². The molecule has 3 heteroatoms. The maximum atomic E-state index is 9.90. The first-order valence-corrected chi connectivity index (χ1v) is 6.57. The lowest BCUT2D eigenvalue weighted by molar-refractivity contribution is 0.0461. The highest BCUT2D eigenvalue weighted by Gasteiger charge is 2.20. The first-order valence-electron chi connectivity index (χ1n) is 6.57. The summed E-state index contributed by atoms with van der Waals surface area (Å²) in [4.78, 5) is 0. The molecule has 0 bridgehead atoms. The van der Waals surface area contributed by atoms with E-state index in [-0.39, 0.29) is 0 Å². The van der Waals surface area contributed by atoms with E-state index >= 15 is 0 Å². The van der Waals surface area contributed by atoms with Crippen LogP contribution in [0.15, 0.2) is 0 Å². The minimum absolute atomic E-state index is 0.487. The molecule has 0 aliphatic carbocycles. The van der Waals surface area contributed by atoms with E-state index in [1.54, 1.807) is 0 Å². The molecule has 2 atom stereocenters. The number of aliphatic hydroxyl groups is 1. The Balaban J connectivity index is 2.17. The smallest absolute Gasteiger partial charge is 0.0741 e. The van der Waals surface area contributed by atoms with Gasteiger partial charge in [0.1, 0.15) is 0 Å². The van der Waals surface area contributed by atoms with Crippen LogP contribution in [-0.2, 0) is 4.74 Å². The van der Waals surface area contributed by atoms with Crippen LogP contribution in [0.1, 0.15) is 46.5 Å². The summed E-state index contributed by atoms with van der Waals surface area (Å²) in [6.07, 6.45) is 4.37. The number of hydrogen-bond donors (Lipinski definition) is 2. The van der Waals surface area contributed by atoms with Crippen molar-refractivity contribution in [3.05, 3.63) is 0 Å². The summed E-state index contributed by atoms with van der Waals surface area (Å²) in [7, 11) is 0. The number of rotatable bonds is 6. The minimum Gasteiger partial charge on any atom is -0.389 e. The molecule has 0 aromatic heterocycles. The van der Waals surface area contributed by atoms with Crippen molar-refractivity contribution in [2.24, 2.45) is 5.92 Å². The van der Waals surface area contributed by atoms with E-state index in [1.807, 2.05) is 13.8 Å². The summed E-state index contributed by atoms with van der Waals surface area (Å²) >= 11 is 0. The van der Waals surface area contributed by atoms with Crippen LogP contribution < -0.4 is 5.32 Å². The Hall–Kier alpha value is -0.120. The van der Waals surface area contributed by atoms with Gasteiger partial charge in [0, 0.05) is 25.8 Å². The molecule has 0 radical (unpaired) electrons. The standard InChI is InChI=1S/C13H27NO2/c1-4-13(3,15)10-14-11(2)9-12-5-7-16-8-6-12/h11-12,14-15H,4-10H2,1-3H3. The second-order valence-electron chi connectivity index (χ2n) is 5.42. The molecule has 16 heavy (non-hydrogen) atoms. The van der Waals surface area contributed by atoms with Crippen LogP contribution in [0.2, 0.25) is 0 Å². The summed E-state index contributed by atoms with van der Waals surface area (Å²) in [5.74, 6) is 0.794. The zero-order chi connectivity index (χ0) is 12.0. The van der Waals surface area contributed by atoms with Gasteiger partial charge >= 0.3 is 0 Å². The Kier molecular flexibility index (Phi) is 5.73. The lowest BCUT2D eigenvalue weighted by Gasteiger charge is -2.28. The highest BCUT2D eigenvalue weighted by molar-refractivity contribution is 4.77. The minimum atomic E-state index is -0.566. The molecule has 1 aliphatic heterocycles. The topological polar surface area (TPSA) is 41.5 Å². The molecule has 1 fully saturated rings. The Bertz CT molecular complexity index is 188. The maximum Gasteiger partial charge on any atom is 0.0741 e. The molecular weight excluding hydrogens is 202 g/mol. The summed E-state index contributed by atoms with van der Waals surface area (Å²) in [6.45, 7) is 8.65. The molecule has 96 valence electrons. The molecule has 0 aromatic carbocycles. The predicted octanol–water partition coefficient (Wildman–Crippen LogP) is 1.94. The lowest BCUT2D eigenvalue weighted by Crippen LogP contribution is -2.42. The largest absolute Gasteiger partial charge is 0.389 e. The fourth-order valence-electron chi connectivity index (χ4n) is 2.08. The van der Waals surface area contributed by atoms with Crippen molar-refractivity contribution < 1.29 is 9.84 Å². The maximum absolute atomic E-state index is 9.90. The molecular formula is C13H27NO2. The van der Waals surface area contributed by atoms with E-state index in [0.717, 1.165) is 25.6 Å². The van der Waals surface area contributed by atoms with Gasteiger partial charge in [0.15, 0.2) is 0 Å². The van der Waals surface area contributed by atoms with Crippen LogP contribution in [0.5, 0.6) is 0 Å². The zero-order valence-electron chi connectivity index (χ0n) is 11.0. The molecule has 2 N–H and O–H groups in total. The molecule has 1 heterocycles. The third-order valence-electron chi connectivity index (χ3n) is 3.62. The molecule has 0 aromatic rings. The van der Waals surface area contributed by atoms with Crippen molar-refractivity contribution in [2.45, 2.75) is 58.1 Å². The first kappa shape index (κ1) is 13.9. The lowest BCUT2D eigenvalue weighted by atomic mass is 9.92. The van der Waals surface area contributed by atoms with Crippen molar-refractivity contribution >= 4 is 0 Å². The van der Waals surface area contributed by atoms with Crippen molar-refractivity contribution in [3.8, 4) is 0 Å². The van der Waals surface area contributed by atoms with E-state index < -0.39 is 5.60 Å². The Morgan fingerprint density at radius 2 is 2.06 bits per heavy atom. The van der Waals surface area contributed by atoms with Crippen LogP contribution >= 0.6 is 0 Å². The number of ether oxygens (including phenoxy) is 1. The Labute approximate surface area is 99.6 Å². The van der Waals surface area contributed by atoms with Gasteiger partial charge in [-0.3, -0.25) is 0 Å². The van der Waals surface area contributed by atoms with Gasteiger partial charge in [-0.15, -0.1) is 0 Å². The third kappa shape index (κ3) is 5.28. The second kappa shape index (κ2) is 6.58. The number of hydrogen-bond acceptors (Lipinski definition) is 3. The molecule has 0 spiro atoms. The first-order chi connectivity index (χ1) is 7.53. The Morgan fingerprint density at radius 3 is 2.62 bits per heavy atom. The molecule has 0 amide bonds. The van der Waals surface area contributed by atoms with E-state index in [9.17, 15) is 5.11 Å². The molecule has 3 nitrogen and oxygen atoms in total. The van der Waals surface area contributed by atoms with E-state index in [0.29, 0.717) is 12.6 Å². The molecule has 1 saturated heterocycles. The van der Waals surface area contributed by atoms with Crippen LogP contribution in [0, 0.1) is 5.92 Å². The Morgan fingerprint density at radius 1 is 1.44 bits per heavy atom. The van der Waals surface area contributed by atoms with Gasteiger partial charge in [0.25, 0.3) is 0 Å². The third-order valence-corrected chi connectivity index (χ3v) is 3.62. The monoisotopic (exact) mass is 229 g/mol. The van der Waals surface area contributed by atoms with Gasteiger partial charge in [-0.2, -0.15) is 0 Å². The second-order valence-corrected chi connectivity index (χ2v) is 5.42. The number of nitrogens with one attached hydrogen (secondary N) is 1. The highest BCUT2D eigenvalue weighted by Crippen LogP contribution is 2.20. The van der Waals surface area contributed by atoms with Gasteiger partial charge in [-0.1, -0.05) is 6.92 Å². The SMILES string of the molecule is CCC(C)(O)CNC(C)CC1CCOCC1. The van der Waals surface area contributed by atoms with Gasteiger partial charge in [-0.05, 0) is 45.4 Å². The summed E-state index contributed by atoms with van der Waals surface area (Å²) in [5, 5.41) is 13.3. The fraction of sp³-hybridized carbons (Fsp3) is 1.00. The zero-order valence-corrected chi connectivity index (χ0v) is 11.0. The summed E-state index contributed by atoms with van der Waals surface area (Å²) < 4.78 is 5.35. The van der Waals surface area contributed by atoms with Gasteiger partial charge in [-0.25, -0.2) is 0 Å². The molecule has 1 rings (SSSR count). The van der Waals surface area contributed by atoms with Crippen molar-refractivity contribution in [1.29, 1.82) is 0 Å². The van der Waals surface area contributed by atoms with Gasteiger partial charge in [0.05, 0.1) is 5.60 Å². The summed E-state index contributed by atoms with van der Waals surface area (Å²) in [5.41, 5.74) is -0.566. The van der Waals surface area contributed by atoms with Crippen LogP contribution in [-0.4, -0.2) is 36.5 Å². The predicted molar refractivity (Wildman–Crippen MR) is 66.5 cm³/mol. The van der Waals surface area contributed by atoms with Crippen molar-refractivity contribution in [1.82, 2.24) is 5.32 Å². The van der Waals surface area contributed by atoms with Gasteiger partial charge in [0.2, 0.25) is 0 Å². The van der Waals surface area contributed by atoms with Crippen LogP contribution in [0.3, 0.4) is 0 Å². The van der Waals surface area contributed by atoms with Gasteiger partial charge < -0.3 is 15.2 Å². The molecule has 1 aliphatic rings.